The van der Waals surface area contributed by atoms with Gasteiger partial charge < -0.3 is 5.32 Å². The van der Waals surface area contributed by atoms with Gasteiger partial charge in [-0.15, -0.1) is 0 Å². The molecule has 1 atom stereocenters. The SMILES string of the molecule is O=C(Nc1ccccc1)c1cccc2c1CC(Br)C2=O. The van der Waals surface area contributed by atoms with Crippen LogP contribution in [0, 0.1) is 0 Å². The molecule has 0 fully saturated rings. The molecule has 3 rings (SSSR count). The molecule has 1 N–H and O–H groups in total. The maximum Gasteiger partial charge on any atom is 0.255 e. The van der Waals surface area contributed by atoms with Gasteiger partial charge in [0.25, 0.3) is 5.91 Å². The number of halogens is 1. The van der Waals surface area contributed by atoms with Gasteiger partial charge in [0.1, 0.15) is 0 Å². The van der Waals surface area contributed by atoms with Crippen LogP contribution >= 0.6 is 15.9 Å². The Hall–Kier alpha value is -1.94. The lowest BCUT2D eigenvalue weighted by Gasteiger charge is -2.08. The summed E-state index contributed by atoms with van der Waals surface area (Å²) in [5.41, 5.74) is 2.79. The average molecular weight is 330 g/mol. The molecule has 100 valence electrons. The van der Waals surface area contributed by atoms with E-state index in [0.717, 1.165) is 11.3 Å². The summed E-state index contributed by atoms with van der Waals surface area (Å²) in [5, 5.41) is 2.85. The normalized spacial score (nSPS) is 16.9. The predicted molar refractivity (Wildman–Crippen MR) is 81.6 cm³/mol. The number of ketones is 1. The second-order valence-corrected chi connectivity index (χ2v) is 5.79. The molecule has 20 heavy (non-hydrogen) atoms. The standard InChI is InChI=1S/C16H12BrNO2/c17-14-9-13-11(15(14)19)7-4-8-12(13)16(20)18-10-5-2-1-3-6-10/h1-8,14H,9H2,(H,18,20). The highest BCUT2D eigenvalue weighted by molar-refractivity contribution is 9.10. The fraction of sp³-hybridized carbons (Fsp3) is 0.125. The van der Waals surface area contributed by atoms with Crippen LogP contribution in [0.4, 0.5) is 5.69 Å². The van der Waals surface area contributed by atoms with E-state index in [1.807, 2.05) is 30.3 Å². The number of para-hydroxylation sites is 1. The van der Waals surface area contributed by atoms with Crippen LogP contribution in [0.25, 0.3) is 0 Å². The largest absolute Gasteiger partial charge is 0.322 e. The van der Waals surface area contributed by atoms with Crippen molar-refractivity contribution in [3.63, 3.8) is 0 Å². The van der Waals surface area contributed by atoms with E-state index in [1.165, 1.54) is 0 Å². The number of hydrogen-bond acceptors (Lipinski definition) is 2. The minimum atomic E-state index is -0.219. The molecule has 0 heterocycles. The maximum atomic E-state index is 12.3. The number of fused-ring (bicyclic) bond motifs is 1. The predicted octanol–water partition coefficient (Wildman–Crippen LogP) is 3.44. The second-order valence-electron chi connectivity index (χ2n) is 4.69. The first-order valence-corrected chi connectivity index (χ1v) is 7.25. The number of nitrogens with one attached hydrogen (secondary N) is 1. The third kappa shape index (κ3) is 2.27. The molecule has 0 radical (unpaired) electrons. The lowest BCUT2D eigenvalue weighted by molar-refractivity contribution is 0.100. The summed E-state index contributed by atoms with van der Waals surface area (Å²) < 4.78 is 0. The smallest absolute Gasteiger partial charge is 0.255 e. The van der Waals surface area contributed by atoms with E-state index in [0.29, 0.717) is 17.5 Å². The van der Waals surface area contributed by atoms with Gasteiger partial charge in [0.15, 0.2) is 5.78 Å². The van der Waals surface area contributed by atoms with Crippen LogP contribution in [-0.4, -0.2) is 16.5 Å². The molecule has 0 saturated heterocycles. The third-order valence-corrected chi connectivity index (χ3v) is 4.13. The van der Waals surface area contributed by atoms with Crippen molar-refractivity contribution < 1.29 is 9.59 Å². The van der Waals surface area contributed by atoms with Crippen LogP contribution < -0.4 is 5.32 Å². The Balaban J connectivity index is 1.93. The molecular formula is C16H12BrNO2. The Morgan fingerprint density at radius 1 is 1.10 bits per heavy atom. The van der Waals surface area contributed by atoms with Crippen molar-refractivity contribution in [3.8, 4) is 0 Å². The minimum Gasteiger partial charge on any atom is -0.322 e. The van der Waals surface area contributed by atoms with Crippen molar-refractivity contribution in [3.05, 3.63) is 65.2 Å². The number of anilines is 1. The second kappa shape index (κ2) is 5.21. The number of carbonyl (C=O) groups is 2. The quantitative estimate of drug-likeness (QED) is 0.858. The number of rotatable bonds is 2. The lowest BCUT2D eigenvalue weighted by Crippen LogP contribution is -2.14. The van der Waals surface area contributed by atoms with Crippen molar-refractivity contribution in [2.24, 2.45) is 0 Å². The van der Waals surface area contributed by atoms with Crippen LogP contribution in [0.1, 0.15) is 26.3 Å². The fourth-order valence-corrected chi connectivity index (χ4v) is 2.98. The first-order chi connectivity index (χ1) is 9.66. The van der Waals surface area contributed by atoms with E-state index >= 15 is 0 Å². The number of benzene rings is 2. The van der Waals surface area contributed by atoms with Gasteiger partial charge in [-0.25, -0.2) is 0 Å². The van der Waals surface area contributed by atoms with E-state index < -0.39 is 0 Å². The molecule has 1 unspecified atom stereocenters. The van der Waals surface area contributed by atoms with Crippen LogP contribution in [-0.2, 0) is 6.42 Å². The van der Waals surface area contributed by atoms with E-state index in [1.54, 1.807) is 18.2 Å². The molecule has 1 aliphatic rings. The Morgan fingerprint density at radius 3 is 2.60 bits per heavy atom. The summed E-state index contributed by atoms with van der Waals surface area (Å²) in [4.78, 5) is 24.1. The van der Waals surface area contributed by atoms with Gasteiger partial charge in [-0.1, -0.05) is 46.3 Å². The zero-order chi connectivity index (χ0) is 14.1. The van der Waals surface area contributed by atoms with Gasteiger partial charge in [-0.2, -0.15) is 0 Å². The zero-order valence-corrected chi connectivity index (χ0v) is 12.2. The highest BCUT2D eigenvalue weighted by Crippen LogP contribution is 2.29. The summed E-state index contributed by atoms with van der Waals surface area (Å²) in [7, 11) is 0. The van der Waals surface area contributed by atoms with Gasteiger partial charge >= 0.3 is 0 Å². The van der Waals surface area contributed by atoms with Gasteiger partial charge in [0, 0.05) is 16.8 Å². The van der Waals surface area contributed by atoms with Gasteiger partial charge in [-0.05, 0) is 30.2 Å². The van der Waals surface area contributed by atoms with Crippen LogP contribution in [0.15, 0.2) is 48.5 Å². The van der Waals surface area contributed by atoms with Crippen molar-refractivity contribution in [1.29, 1.82) is 0 Å². The number of hydrogen-bond donors (Lipinski definition) is 1. The number of amides is 1. The van der Waals surface area contributed by atoms with Gasteiger partial charge in [0.05, 0.1) is 4.83 Å². The Morgan fingerprint density at radius 2 is 1.85 bits per heavy atom. The molecule has 1 amide bonds. The maximum absolute atomic E-state index is 12.3. The Labute approximate surface area is 125 Å². The fourth-order valence-electron chi connectivity index (χ4n) is 2.41. The minimum absolute atomic E-state index is 0.0503. The van der Waals surface area contributed by atoms with Crippen LogP contribution in [0.2, 0.25) is 0 Å². The molecule has 2 aromatic rings. The van der Waals surface area contributed by atoms with E-state index in [2.05, 4.69) is 21.2 Å². The highest BCUT2D eigenvalue weighted by Gasteiger charge is 2.31. The molecule has 0 aliphatic heterocycles. The van der Waals surface area contributed by atoms with Crippen molar-refractivity contribution >= 4 is 33.3 Å². The number of alkyl halides is 1. The molecule has 2 aromatic carbocycles. The lowest BCUT2D eigenvalue weighted by atomic mass is 10.0. The summed E-state index contributed by atoms with van der Waals surface area (Å²) in [5.74, 6) is -0.128. The summed E-state index contributed by atoms with van der Waals surface area (Å²) >= 11 is 3.35. The number of Topliss-reactive ketones (excluding diaryl/α,β-unsaturated/α-hetero) is 1. The van der Waals surface area contributed by atoms with E-state index in [9.17, 15) is 9.59 Å². The first-order valence-electron chi connectivity index (χ1n) is 6.33. The highest BCUT2D eigenvalue weighted by atomic mass is 79.9. The average Bonchev–Trinajstić information content (AvgIpc) is 2.75. The van der Waals surface area contributed by atoms with Gasteiger partial charge in [-0.3, -0.25) is 9.59 Å². The molecule has 0 bridgehead atoms. The zero-order valence-electron chi connectivity index (χ0n) is 10.6. The molecular weight excluding hydrogens is 318 g/mol. The molecule has 0 spiro atoms. The van der Waals surface area contributed by atoms with Crippen molar-refractivity contribution in [2.45, 2.75) is 11.2 Å². The third-order valence-electron chi connectivity index (χ3n) is 3.39. The number of carbonyl (C=O) groups excluding carboxylic acids is 2. The first kappa shape index (κ1) is 13.1. The molecule has 3 nitrogen and oxygen atoms in total. The van der Waals surface area contributed by atoms with Crippen LogP contribution in [0.5, 0.6) is 0 Å². The van der Waals surface area contributed by atoms with E-state index in [-0.39, 0.29) is 16.5 Å². The van der Waals surface area contributed by atoms with Crippen molar-refractivity contribution in [2.75, 3.05) is 5.32 Å². The monoisotopic (exact) mass is 329 g/mol. The van der Waals surface area contributed by atoms with E-state index in [4.69, 9.17) is 0 Å². The Kier molecular flexibility index (Phi) is 3.40. The molecule has 0 aromatic heterocycles. The summed E-state index contributed by atoms with van der Waals surface area (Å²) in [6, 6.07) is 14.6. The topological polar surface area (TPSA) is 46.2 Å². The molecule has 0 saturated carbocycles. The summed E-state index contributed by atoms with van der Waals surface area (Å²) in [6.45, 7) is 0. The van der Waals surface area contributed by atoms with Crippen LogP contribution in [0.3, 0.4) is 0 Å². The van der Waals surface area contributed by atoms with Crippen molar-refractivity contribution in [1.82, 2.24) is 0 Å². The molecule has 4 heteroatoms. The Bertz CT molecular complexity index is 682. The van der Waals surface area contributed by atoms with Gasteiger partial charge in [0.2, 0.25) is 0 Å². The molecule has 1 aliphatic carbocycles. The summed E-state index contributed by atoms with van der Waals surface area (Å²) in [6.07, 6.45) is 0.562.